The number of amides is 5. The lowest BCUT2D eigenvalue weighted by Gasteiger charge is -2.27. The summed E-state index contributed by atoms with van der Waals surface area (Å²) in [6.45, 7) is -0.223. The number of carbonyl (C=O) groups excluding carboxylic acids is 4. The van der Waals surface area contributed by atoms with Crippen molar-refractivity contribution in [3.63, 3.8) is 0 Å². The van der Waals surface area contributed by atoms with Crippen molar-refractivity contribution in [2.75, 3.05) is 18.9 Å². The summed E-state index contributed by atoms with van der Waals surface area (Å²) >= 11 is 12.5. The van der Waals surface area contributed by atoms with Gasteiger partial charge >= 0.3 is 6.03 Å². The van der Waals surface area contributed by atoms with Crippen LogP contribution >= 0.6 is 23.2 Å². The molecule has 11 heteroatoms. The van der Waals surface area contributed by atoms with Crippen LogP contribution in [-0.4, -0.2) is 64.1 Å². The standard InChI is InChI=1S/C27H25Cl2N5O4/c1-33-25(38)31-23(36)27(33)12-15-4-6-18(10-16(15)13-27)30-21(35)14-34-22(19-7-5-17(28)11-20(19)29)32-26(24(34)37)8-2-3-9-26/h4-7,10-11H,2-3,8-9,12-14H2,1H3,(H,30,35)(H,31,36,38). The van der Waals surface area contributed by atoms with E-state index in [1.807, 2.05) is 12.1 Å². The lowest BCUT2D eigenvalue weighted by molar-refractivity contribution is -0.133. The molecule has 4 aliphatic rings. The average molecular weight is 554 g/mol. The highest BCUT2D eigenvalue weighted by Gasteiger charge is 2.54. The number of hydrogen-bond acceptors (Lipinski definition) is 5. The average Bonchev–Trinajstić information content (AvgIpc) is 3.60. The first-order valence-corrected chi connectivity index (χ1v) is 13.3. The lowest BCUT2D eigenvalue weighted by Crippen LogP contribution is -2.48. The molecule has 1 saturated heterocycles. The molecule has 1 atom stereocenters. The number of amidine groups is 1. The van der Waals surface area contributed by atoms with E-state index in [9.17, 15) is 19.2 Å². The number of carbonyl (C=O) groups is 4. The van der Waals surface area contributed by atoms with Gasteiger partial charge in [0.1, 0.15) is 23.5 Å². The molecule has 2 N–H and O–H groups in total. The number of rotatable bonds is 4. The fourth-order valence-electron chi connectivity index (χ4n) is 6.09. The van der Waals surface area contributed by atoms with Crippen LogP contribution in [0, 0.1) is 0 Å². The Morgan fingerprint density at radius 2 is 1.79 bits per heavy atom. The third-order valence-electron chi connectivity index (χ3n) is 8.17. The first kappa shape index (κ1) is 24.9. The topological polar surface area (TPSA) is 111 Å². The van der Waals surface area contributed by atoms with Gasteiger partial charge in [-0.2, -0.15) is 0 Å². The molecular weight excluding hydrogens is 529 g/mol. The maximum Gasteiger partial charge on any atom is 0.324 e. The monoisotopic (exact) mass is 553 g/mol. The maximum absolute atomic E-state index is 13.6. The second-order valence-corrected chi connectivity index (χ2v) is 11.3. The van der Waals surface area contributed by atoms with Gasteiger partial charge in [-0.05, 0) is 54.3 Å². The predicted molar refractivity (Wildman–Crippen MR) is 142 cm³/mol. The fraction of sp³-hybridized carbons (Fsp3) is 0.370. The van der Waals surface area contributed by atoms with Gasteiger partial charge in [0.15, 0.2) is 0 Å². The van der Waals surface area contributed by atoms with Crippen LogP contribution in [0.2, 0.25) is 10.0 Å². The number of anilines is 1. The summed E-state index contributed by atoms with van der Waals surface area (Å²) in [6.07, 6.45) is 3.83. The van der Waals surface area contributed by atoms with E-state index in [4.69, 9.17) is 28.2 Å². The molecule has 2 spiro atoms. The van der Waals surface area contributed by atoms with Gasteiger partial charge in [0.05, 0.1) is 5.02 Å². The fourth-order valence-corrected chi connectivity index (χ4v) is 6.58. The van der Waals surface area contributed by atoms with Gasteiger partial charge in [-0.3, -0.25) is 29.6 Å². The molecule has 2 fully saturated rings. The number of likely N-dealkylation sites (N-methyl/N-ethyl adjacent to an activating group) is 1. The molecule has 1 saturated carbocycles. The highest BCUT2D eigenvalue weighted by molar-refractivity contribution is 6.37. The van der Waals surface area contributed by atoms with Crippen LogP contribution in [0.3, 0.4) is 0 Å². The van der Waals surface area contributed by atoms with Crippen molar-refractivity contribution in [1.29, 1.82) is 0 Å². The molecular formula is C27H25Cl2N5O4. The molecule has 196 valence electrons. The first-order chi connectivity index (χ1) is 18.1. The number of benzene rings is 2. The van der Waals surface area contributed by atoms with Crippen LogP contribution in [-0.2, 0) is 27.2 Å². The minimum absolute atomic E-state index is 0.193. The number of halogens is 2. The zero-order chi connectivity index (χ0) is 26.8. The summed E-state index contributed by atoms with van der Waals surface area (Å²) in [6, 6.07) is 10.0. The first-order valence-electron chi connectivity index (χ1n) is 12.5. The molecule has 2 aromatic carbocycles. The minimum Gasteiger partial charge on any atom is -0.325 e. The van der Waals surface area contributed by atoms with E-state index >= 15 is 0 Å². The number of hydrogen-bond donors (Lipinski definition) is 2. The normalized spacial score (nSPS) is 23.4. The van der Waals surface area contributed by atoms with Crippen molar-refractivity contribution in [3.8, 4) is 0 Å². The maximum atomic E-state index is 13.6. The Balaban J connectivity index is 1.22. The van der Waals surface area contributed by atoms with Crippen molar-refractivity contribution in [1.82, 2.24) is 15.1 Å². The van der Waals surface area contributed by atoms with E-state index < -0.39 is 17.1 Å². The van der Waals surface area contributed by atoms with E-state index in [1.54, 1.807) is 31.3 Å². The van der Waals surface area contributed by atoms with Crippen molar-refractivity contribution < 1.29 is 19.2 Å². The quantitative estimate of drug-likeness (QED) is 0.564. The zero-order valence-electron chi connectivity index (χ0n) is 20.6. The summed E-state index contributed by atoms with van der Waals surface area (Å²) < 4.78 is 0. The number of nitrogens with zero attached hydrogens (tertiary/aromatic N) is 3. The summed E-state index contributed by atoms with van der Waals surface area (Å²) in [5.74, 6) is -0.510. The molecule has 2 aromatic rings. The van der Waals surface area contributed by atoms with Crippen LogP contribution in [0.5, 0.6) is 0 Å². The van der Waals surface area contributed by atoms with Crippen LogP contribution in [0.4, 0.5) is 10.5 Å². The Labute approximate surface area is 229 Å². The predicted octanol–water partition coefficient (Wildman–Crippen LogP) is 3.55. The van der Waals surface area contributed by atoms with Crippen molar-refractivity contribution in [3.05, 3.63) is 63.1 Å². The van der Waals surface area contributed by atoms with Gasteiger partial charge in [-0.1, -0.05) is 42.1 Å². The van der Waals surface area contributed by atoms with Gasteiger partial charge in [0.25, 0.3) is 11.8 Å². The Morgan fingerprint density at radius 1 is 1.05 bits per heavy atom. The molecule has 2 aliphatic heterocycles. The largest absolute Gasteiger partial charge is 0.325 e. The van der Waals surface area contributed by atoms with Gasteiger partial charge < -0.3 is 10.2 Å². The molecule has 1 unspecified atom stereocenters. The summed E-state index contributed by atoms with van der Waals surface area (Å²) in [7, 11) is 1.62. The zero-order valence-corrected chi connectivity index (χ0v) is 22.2. The summed E-state index contributed by atoms with van der Waals surface area (Å²) in [4.78, 5) is 59.1. The summed E-state index contributed by atoms with van der Waals surface area (Å²) in [5, 5.41) is 6.09. The summed E-state index contributed by atoms with van der Waals surface area (Å²) in [5.41, 5.74) is 1.14. The van der Waals surface area contributed by atoms with E-state index in [1.165, 1.54) is 9.80 Å². The second-order valence-electron chi connectivity index (χ2n) is 10.4. The van der Waals surface area contributed by atoms with E-state index in [-0.39, 0.29) is 24.3 Å². The Hall–Kier alpha value is -3.43. The molecule has 5 amide bonds. The molecule has 9 nitrogen and oxygen atoms in total. The van der Waals surface area contributed by atoms with Crippen LogP contribution in [0.25, 0.3) is 0 Å². The van der Waals surface area contributed by atoms with E-state index in [0.29, 0.717) is 52.8 Å². The smallest absolute Gasteiger partial charge is 0.324 e. The van der Waals surface area contributed by atoms with Gasteiger partial charge in [0.2, 0.25) is 5.91 Å². The number of aliphatic imine (C=N–C) groups is 1. The van der Waals surface area contributed by atoms with Gasteiger partial charge in [-0.15, -0.1) is 0 Å². The molecule has 38 heavy (non-hydrogen) atoms. The number of fused-ring (bicyclic) bond motifs is 1. The van der Waals surface area contributed by atoms with Crippen LogP contribution in [0.1, 0.15) is 42.4 Å². The Bertz CT molecular complexity index is 1450. The van der Waals surface area contributed by atoms with Gasteiger partial charge in [-0.25, -0.2) is 4.79 Å². The molecule has 0 bridgehead atoms. The number of urea groups is 1. The van der Waals surface area contributed by atoms with E-state index in [0.717, 1.165) is 24.0 Å². The SMILES string of the molecule is CN1C(=O)NC(=O)C12Cc1ccc(NC(=O)CN3C(=O)C4(CCCC4)N=C3c3ccc(Cl)cc3Cl)cc1C2. The highest BCUT2D eigenvalue weighted by Crippen LogP contribution is 2.41. The third-order valence-corrected chi connectivity index (χ3v) is 8.72. The molecule has 0 radical (unpaired) electrons. The molecule has 0 aromatic heterocycles. The van der Waals surface area contributed by atoms with Crippen molar-refractivity contribution >= 4 is 58.5 Å². The second kappa shape index (κ2) is 8.81. The van der Waals surface area contributed by atoms with Crippen LogP contribution < -0.4 is 10.6 Å². The van der Waals surface area contributed by atoms with Crippen molar-refractivity contribution in [2.45, 2.75) is 49.6 Å². The van der Waals surface area contributed by atoms with Crippen LogP contribution in [0.15, 0.2) is 41.4 Å². The van der Waals surface area contributed by atoms with Crippen molar-refractivity contribution in [2.24, 2.45) is 4.99 Å². The molecule has 2 aliphatic carbocycles. The molecule has 2 heterocycles. The number of imide groups is 1. The van der Waals surface area contributed by atoms with Gasteiger partial charge in [0, 0.05) is 36.2 Å². The Kier molecular flexibility index (Phi) is 5.77. The minimum atomic E-state index is -0.942. The number of nitrogens with one attached hydrogen (secondary N) is 2. The Morgan fingerprint density at radius 3 is 2.47 bits per heavy atom. The van der Waals surface area contributed by atoms with E-state index in [2.05, 4.69) is 10.6 Å². The lowest BCUT2D eigenvalue weighted by atomic mass is 9.95. The highest BCUT2D eigenvalue weighted by atomic mass is 35.5. The molecule has 6 rings (SSSR count). The third kappa shape index (κ3) is 3.79.